The van der Waals surface area contributed by atoms with Crippen LogP contribution in [0.3, 0.4) is 0 Å². The highest BCUT2D eigenvalue weighted by molar-refractivity contribution is 5.63. The van der Waals surface area contributed by atoms with E-state index in [0.717, 1.165) is 19.6 Å². The summed E-state index contributed by atoms with van der Waals surface area (Å²) in [5.41, 5.74) is 3.28. The van der Waals surface area contributed by atoms with Crippen molar-refractivity contribution in [1.29, 1.82) is 0 Å². The molecule has 76 valence electrons. The quantitative estimate of drug-likeness (QED) is 0.524. The molecule has 0 aromatic carbocycles. The van der Waals surface area contributed by atoms with Crippen LogP contribution in [0, 0.1) is 5.41 Å². The second-order valence-corrected chi connectivity index (χ2v) is 4.67. The highest BCUT2D eigenvalue weighted by Gasteiger charge is 2.12. The van der Waals surface area contributed by atoms with Crippen molar-refractivity contribution in [3.05, 3.63) is 0 Å². The smallest absolute Gasteiger partial charge is 0.0684 e. The van der Waals surface area contributed by atoms with Crippen LogP contribution in [0.5, 0.6) is 0 Å². The maximum absolute atomic E-state index is 5.33. The molecular formula is C10H20N2O. The van der Waals surface area contributed by atoms with Crippen molar-refractivity contribution in [1.82, 2.24) is 5.43 Å². The molecule has 0 saturated carbocycles. The van der Waals surface area contributed by atoms with Crippen molar-refractivity contribution < 1.29 is 4.74 Å². The van der Waals surface area contributed by atoms with Gasteiger partial charge in [-0.05, 0) is 18.3 Å². The molecule has 3 heteroatoms. The van der Waals surface area contributed by atoms with Crippen LogP contribution < -0.4 is 5.43 Å². The minimum atomic E-state index is 0.155. The fourth-order valence-corrected chi connectivity index (χ4v) is 1.18. The number of hydrogen-bond donors (Lipinski definition) is 1. The van der Waals surface area contributed by atoms with Gasteiger partial charge in [-0.3, -0.25) is 0 Å². The van der Waals surface area contributed by atoms with E-state index in [0.29, 0.717) is 6.04 Å². The summed E-state index contributed by atoms with van der Waals surface area (Å²) in [6, 6.07) is 0.410. The molecule has 1 heterocycles. The zero-order valence-corrected chi connectivity index (χ0v) is 8.84. The molecule has 0 aromatic rings. The summed E-state index contributed by atoms with van der Waals surface area (Å²) < 4.78 is 5.33. The van der Waals surface area contributed by atoms with Crippen LogP contribution >= 0.6 is 0 Å². The molecule has 1 atom stereocenters. The maximum atomic E-state index is 5.33. The first-order valence-corrected chi connectivity index (χ1v) is 4.95. The molecule has 1 saturated heterocycles. The molecule has 0 radical (unpaired) electrons. The lowest BCUT2D eigenvalue weighted by molar-refractivity contribution is 0.0709. The van der Waals surface area contributed by atoms with Gasteiger partial charge in [0, 0.05) is 12.8 Å². The largest absolute Gasteiger partial charge is 0.379 e. The lowest BCUT2D eigenvalue weighted by Gasteiger charge is -2.22. The Labute approximate surface area is 80.5 Å². The fourth-order valence-electron chi connectivity index (χ4n) is 1.18. The first-order valence-electron chi connectivity index (χ1n) is 4.95. The highest BCUT2D eigenvalue weighted by atomic mass is 16.5. The Balaban J connectivity index is 2.21. The molecule has 1 aliphatic heterocycles. The van der Waals surface area contributed by atoms with E-state index >= 15 is 0 Å². The second-order valence-electron chi connectivity index (χ2n) is 4.67. The van der Waals surface area contributed by atoms with Gasteiger partial charge in [-0.15, -0.1) is 0 Å². The number of nitrogens with one attached hydrogen (secondary N) is 1. The van der Waals surface area contributed by atoms with E-state index in [2.05, 4.69) is 31.3 Å². The van der Waals surface area contributed by atoms with Crippen LogP contribution in [-0.2, 0) is 4.74 Å². The molecular weight excluding hydrogens is 164 g/mol. The number of hydrogen-bond acceptors (Lipinski definition) is 3. The van der Waals surface area contributed by atoms with Gasteiger partial charge in [-0.25, -0.2) is 0 Å². The van der Waals surface area contributed by atoms with Gasteiger partial charge in [0.05, 0.1) is 12.6 Å². The van der Waals surface area contributed by atoms with Crippen molar-refractivity contribution >= 4 is 6.21 Å². The Kier molecular flexibility index (Phi) is 3.72. The molecule has 1 aliphatic rings. The van der Waals surface area contributed by atoms with Crippen molar-refractivity contribution in [2.75, 3.05) is 13.2 Å². The standard InChI is InChI=1S/C10H20N2O/c1-10(2,3)8-11-12-9-5-4-6-13-7-9/h8-9,12H,4-7H2,1-3H3/b11-8+. The van der Waals surface area contributed by atoms with Crippen molar-refractivity contribution in [3.8, 4) is 0 Å². The third-order valence-electron chi connectivity index (χ3n) is 1.87. The lowest BCUT2D eigenvalue weighted by Crippen LogP contribution is -2.34. The molecule has 0 aromatic heterocycles. The van der Waals surface area contributed by atoms with E-state index < -0.39 is 0 Å². The van der Waals surface area contributed by atoms with E-state index in [1.807, 2.05) is 6.21 Å². The maximum Gasteiger partial charge on any atom is 0.0684 e. The van der Waals surface area contributed by atoms with Crippen LogP contribution in [0.15, 0.2) is 5.10 Å². The van der Waals surface area contributed by atoms with Gasteiger partial charge >= 0.3 is 0 Å². The van der Waals surface area contributed by atoms with Gasteiger partial charge in [0.15, 0.2) is 0 Å². The van der Waals surface area contributed by atoms with Crippen LogP contribution in [-0.4, -0.2) is 25.5 Å². The van der Waals surface area contributed by atoms with Gasteiger partial charge in [-0.1, -0.05) is 20.8 Å². The van der Waals surface area contributed by atoms with Gasteiger partial charge in [0.2, 0.25) is 0 Å². The molecule has 1 N–H and O–H groups in total. The van der Waals surface area contributed by atoms with E-state index in [1.54, 1.807) is 0 Å². The van der Waals surface area contributed by atoms with Gasteiger partial charge < -0.3 is 10.2 Å². The summed E-state index contributed by atoms with van der Waals surface area (Å²) in [5, 5.41) is 4.21. The predicted molar refractivity (Wildman–Crippen MR) is 54.9 cm³/mol. The fraction of sp³-hybridized carbons (Fsp3) is 0.900. The van der Waals surface area contributed by atoms with E-state index in [9.17, 15) is 0 Å². The summed E-state index contributed by atoms with van der Waals surface area (Å²) in [6.45, 7) is 8.10. The van der Waals surface area contributed by atoms with Crippen LogP contribution in [0.1, 0.15) is 33.6 Å². The summed E-state index contributed by atoms with van der Waals surface area (Å²) in [6.07, 6.45) is 4.26. The zero-order chi connectivity index (χ0) is 9.73. The van der Waals surface area contributed by atoms with Gasteiger partial charge in [-0.2, -0.15) is 5.10 Å². The van der Waals surface area contributed by atoms with E-state index in [4.69, 9.17) is 4.74 Å². The molecule has 3 nitrogen and oxygen atoms in total. The van der Waals surface area contributed by atoms with Crippen molar-refractivity contribution in [2.24, 2.45) is 10.5 Å². The molecule has 13 heavy (non-hydrogen) atoms. The highest BCUT2D eigenvalue weighted by Crippen LogP contribution is 2.09. The Bertz CT molecular complexity index is 166. The Morgan fingerprint density at radius 1 is 1.46 bits per heavy atom. The number of ether oxygens (including phenoxy) is 1. The van der Waals surface area contributed by atoms with Crippen LogP contribution in [0.25, 0.3) is 0 Å². The Morgan fingerprint density at radius 2 is 2.23 bits per heavy atom. The minimum Gasteiger partial charge on any atom is -0.379 e. The van der Waals surface area contributed by atoms with Gasteiger partial charge in [0.1, 0.15) is 0 Å². The third-order valence-corrected chi connectivity index (χ3v) is 1.87. The predicted octanol–water partition coefficient (Wildman–Crippen LogP) is 1.79. The third kappa shape index (κ3) is 4.88. The average molecular weight is 184 g/mol. The minimum absolute atomic E-state index is 0.155. The summed E-state index contributed by atoms with van der Waals surface area (Å²) in [4.78, 5) is 0. The van der Waals surface area contributed by atoms with E-state index in [-0.39, 0.29) is 5.41 Å². The van der Waals surface area contributed by atoms with Crippen molar-refractivity contribution in [3.63, 3.8) is 0 Å². The lowest BCUT2D eigenvalue weighted by atomic mass is 9.99. The summed E-state index contributed by atoms with van der Waals surface area (Å²) >= 11 is 0. The first kappa shape index (κ1) is 10.5. The van der Waals surface area contributed by atoms with Crippen LogP contribution in [0.2, 0.25) is 0 Å². The van der Waals surface area contributed by atoms with E-state index in [1.165, 1.54) is 6.42 Å². The number of hydrazone groups is 1. The second kappa shape index (κ2) is 4.61. The molecule has 0 bridgehead atoms. The molecule has 0 aliphatic carbocycles. The molecule has 0 spiro atoms. The summed E-state index contributed by atoms with van der Waals surface area (Å²) in [5.74, 6) is 0. The molecule has 1 fully saturated rings. The van der Waals surface area contributed by atoms with Crippen molar-refractivity contribution in [2.45, 2.75) is 39.7 Å². The van der Waals surface area contributed by atoms with Gasteiger partial charge in [0.25, 0.3) is 0 Å². The zero-order valence-electron chi connectivity index (χ0n) is 8.84. The molecule has 1 rings (SSSR count). The van der Waals surface area contributed by atoms with Crippen LogP contribution in [0.4, 0.5) is 0 Å². The topological polar surface area (TPSA) is 33.6 Å². The average Bonchev–Trinajstić information content (AvgIpc) is 2.04. The monoisotopic (exact) mass is 184 g/mol. The number of nitrogens with zero attached hydrogens (tertiary/aromatic N) is 1. The molecule has 1 unspecified atom stereocenters. The molecule has 0 amide bonds. The Hall–Kier alpha value is -0.570. The number of rotatable bonds is 2. The SMILES string of the molecule is CC(C)(C)/C=N/NC1CCCOC1. The normalized spacial score (nSPS) is 25.0. The first-order chi connectivity index (χ1) is 6.08. The Morgan fingerprint density at radius 3 is 2.77 bits per heavy atom. The summed E-state index contributed by atoms with van der Waals surface area (Å²) in [7, 11) is 0.